The first kappa shape index (κ1) is 12.7. The molecule has 0 aliphatic rings. The first-order valence-corrected chi connectivity index (χ1v) is 6.37. The lowest BCUT2D eigenvalue weighted by Gasteiger charge is -2.11. The van der Waals surface area contributed by atoms with Gasteiger partial charge in [0.25, 0.3) is 0 Å². The van der Waals surface area contributed by atoms with E-state index in [4.69, 9.17) is 10.5 Å². The van der Waals surface area contributed by atoms with E-state index in [1.807, 2.05) is 0 Å². The predicted molar refractivity (Wildman–Crippen MR) is 69.5 cm³/mol. The lowest BCUT2D eigenvalue weighted by atomic mass is 10.3. The second-order valence-corrected chi connectivity index (χ2v) is 4.65. The van der Waals surface area contributed by atoms with Gasteiger partial charge in [-0.1, -0.05) is 17.8 Å². The van der Waals surface area contributed by atoms with Crippen LogP contribution in [0.3, 0.4) is 0 Å². The van der Waals surface area contributed by atoms with Crippen LogP contribution < -0.4 is 10.5 Å². The molecule has 2 rings (SSSR count). The van der Waals surface area contributed by atoms with Gasteiger partial charge in [-0.3, -0.25) is 5.10 Å². The molecule has 0 radical (unpaired) electrons. The summed E-state index contributed by atoms with van der Waals surface area (Å²) in [5, 5.41) is 16.8. The number of hydrogen-bond acceptors (Lipinski definition) is 6. The average Bonchev–Trinajstić information content (AvgIpc) is 2.87. The molecule has 18 heavy (non-hydrogen) atoms. The smallest absolute Gasteiger partial charge is 0.183 e. The maximum Gasteiger partial charge on any atom is 0.183 e. The SMILES string of the molecule is Nc1cccc(OCC(O)CSc2ncn[nH]2)c1. The van der Waals surface area contributed by atoms with Gasteiger partial charge in [-0.2, -0.15) is 5.10 Å². The number of nitrogens with two attached hydrogens (primary N) is 1. The summed E-state index contributed by atoms with van der Waals surface area (Å²) in [6, 6.07) is 7.10. The second-order valence-electron chi connectivity index (χ2n) is 3.64. The van der Waals surface area contributed by atoms with Crippen LogP contribution in [-0.4, -0.2) is 38.8 Å². The molecule has 0 saturated heterocycles. The maximum absolute atomic E-state index is 9.74. The highest BCUT2D eigenvalue weighted by atomic mass is 32.2. The molecule has 7 heteroatoms. The Morgan fingerprint density at radius 2 is 2.39 bits per heavy atom. The number of H-pyrrole nitrogens is 1. The van der Waals surface area contributed by atoms with Crippen molar-refractivity contribution in [2.75, 3.05) is 18.1 Å². The quantitative estimate of drug-likeness (QED) is 0.531. The number of nitrogens with zero attached hydrogens (tertiary/aromatic N) is 2. The first-order chi connectivity index (χ1) is 8.74. The van der Waals surface area contributed by atoms with Gasteiger partial charge >= 0.3 is 0 Å². The Morgan fingerprint density at radius 3 is 3.11 bits per heavy atom. The predicted octanol–water partition coefficient (Wildman–Crippen LogP) is 0.919. The van der Waals surface area contributed by atoms with Gasteiger partial charge in [-0.05, 0) is 12.1 Å². The van der Waals surface area contributed by atoms with E-state index in [1.54, 1.807) is 24.3 Å². The zero-order valence-electron chi connectivity index (χ0n) is 9.61. The summed E-state index contributed by atoms with van der Waals surface area (Å²) in [5.74, 6) is 1.14. The van der Waals surface area contributed by atoms with Crippen LogP contribution in [0.25, 0.3) is 0 Å². The van der Waals surface area contributed by atoms with Crippen molar-refractivity contribution in [3.63, 3.8) is 0 Å². The standard InChI is InChI=1S/C11H14N4O2S/c12-8-2-1-3-10(4-8)17-5-9(16)6-18-11-13-7-14-15-11/h1-4,7,9,16H,5-6,12H2,(H,13,14,15). The summed E-state index contributed by atoms with van der Waals surface area (Å²) in [7, 11) is 0. The molecule has 1 unspecified atom stereocenters. The number of aliphatic hydroxyl groups excluding tert-OH is 1. The number of ether oxygens (including phenoxy) is 1. The Balaban J connectivity index is 1.73. The maximum atomic E-state index is 9.74. The molecule has 4 N–H and O–H groups in total. The van der Waals surface area contributed by atoms with E-state index in [0.29, 0.717) is 22.3 Å². The minimum absolute atomic E-state index is 0.213. The highest BCUT2D eigenvalue weighted by molar-refractivity contribution is 7.99. The number of aromatic amines is 1. The van der Waals surface area contributed by atoms with E-state index in [-0.39, 0.29) is 6.61 Å². The van der Waals surface area contributed by atoms with Gasteiger partial charge in [-0.25, -0.2) is 4.98 Å². The molecule has 1 heterocycles. The fourth-order valence-corrected chi connectivity index (χ4v) is 1.97. The molecular weight excluding hydrogens is 252 g/mol. The highest BCUT2D eigenvalue weighted by Gasteiger charge is 2.07. The molecule has 1 atom stereocenters. The van der Waals surface area contributed by atoms with Crippen molar-refractivity contribution < 1.29 is 9.84 Å². The molecule has 0 amide bonds. The van der Waals surface area contributed by atoms with Crippen molar-refractivity contribution in [1.82, 2.24) is 15.2 Å². The normalized spacial score (nSPS) is 12.3. The van der Waals surface area contributed by atoms with Gasteiger partial charge in [0, 0.05) is 17.5 Å². The van der Waals surface area contributed by atoms with Crippen LogP contribution in [0.5, 0.6) is 5.75 Å². The third-order valence-electron chi connectivity index (χ3n) is 2.11. The summed E-state index contributed by atoms with van der Waals surface area (Å²) >= 11 is 1.39. The van der Waals surface area contributed by atoms with Crippen LogP contribution >= 0.6 is 11.8 Å². The molecule has 0 aliphatic carbocycles. The van der Waals surface area contributed by atoms with Crippen LogP contribution in [-0.2, 0) is 0 Å². The fourth-order valence-electron chi connectivity index (χ4n) is 1.28. The molecule has 1 aromatic heterocycles. The number of hydrogen-bond donors (Lipinski definition) is 3. The Hall–Kier alpha value is -1.73. The number of rotatable bonds is 6. The van der Waals surface area contributed by atoms with Gasteiger partial charge in [-0.15, -0.1) is 0 Å². The Kier molecular flexibility index (Phi) is 4.43. The Morgan fingerprint density at radius 1 is 1.50 bits per heavy atom. The van der Waals surface area contributed by atoms with Crippen LogP contribution in [0.1, 0.15) is 0 Å². The largest absolute Gasteiger partial charge is 0.491 e. The number of thioether (sulfide) groups is 1. The summed E-state index contributed by atoms with van der Waals surface area (Å²) < 4.78 is 5.43. The number of aliphatic hydroxyl groups is 1. The van der Waals surface area contributed by atoms with E-state index >= 15 is 0 Å². The van der Waals surface area contributed by atoms with Crippen LogP contribution in [0.15, 0.2) is 35.7 Å². The van der Waals surface area contributed by atoms with E-state index in [0.717, 1.165) is 0 Å². The summed E-state index contributed by atoms with van der Waals surface area (Å²) in [5.41, 5.74) is 6.26. The monoisotopic (exact) mass is 266 g/mol. The molecule has 6 nitrogen and oxygen atoms in total. The number of nitrogens with one attached hydrogen (secondary N) is 1. The zero-order chi connectivity index (χ0) is 12.8. The number of benzene rings is 1. The van der Waals surface area contributed by atoms with Crippen molar-refractivity contribution in [2.45, 2.75) is 11.3 Å². The van der Waals surface area contributed by atoms with Gasteiger partial charge in [0.2, 0.25) is 0 Å². The minimum Gasteiger partial charge on any atom is -0.491 e. The fraction of sp³-hybridized carbons (Fsp3) is 0.273. The molecule has 0 fully saturated rings. The molecule has 2 aromatic rings. The third-order valence-corrected chi connectivity index (χ3v) is 3.13. The van der Waals surface area contributed by atoms with Crippen molar-refractivity contribution >= 4 is 17.4 Å². The average molecular weight is 266 g/mol. The number of anilines is 1. The topological polar surface area (TPSA) is 97.1 Å². The van der Waals surface area contributed by atoms with Crippen molar-refractivity contribution in [1.29, 1.82) is 0 Å². The molecule has 0 bridgehead atoms. The number of nitrogen functional groups attached to an aromatic ring is 1. The van der Waals surface area contributed by atoms with Crippen LogP contribution in [0.4, 0.5) is 5.69 Å². The molecule has 0 saturated carbocycles. The lowest BCUT2D eigenvalue weighted by molar-refractivity contribution is 0.126. The van der Waals surface area contributed by atoms with E-state index in [9.17, 15) is 5.11 Å². The van der Waals surface area contributed by atoms with Gasteiger partial charge in [0.1, 0.15) is 18.7 Å². The van der Waals surface area contributed by atoms with Gasteiger partial charge in [0.15, 0.2) is 5.16 Å². The van der Waals surface area contributed by atoms with E-state index < -0.39 is 6.10 Å². The molecular formula is C11H14N4O2S. The lowest BCUT2D eigenvalue weighted by Crippen LogP contribution is -2.20. The zero-order valence-corrected chi connectivity index (χ0v) is 10.4. The minimum atomic E-state index is -0.582. The van der Waals surface area contributed by atoms with Crippen LogP contribution in [0, 0.1) is 0 Å². The highest BCUT2D eigenvalue weighted by Crippen LogP contribution is 2.16. The summed E-state index contributed by atoms with van der Waals surface area (Å²) in [6.45, 7) is 0.213. The van der Waals surface area contributed by atoms with Gasteiger partial charge < -0.3 is 15.6 Å². The molecule has 0 spiro atoms. The first-order valence-electron chi connectivity index (χ1n) is 5.38. The van der Waals surface area contributed by atoms with Gasteiger partial charge in [0.05, 0.1) is 6.10 Å². The van der Waals surface area contributed by atoms with Crippen molar-refractivity contribution in [3.8, 4) is 5.75 Å². The van der Waals surface area contributed by atoms with Crippen LogP contribution in [0.2, 0.25) is 0 Å². The molecule has 0 aliphatic heterocycles. The molecule has 1 aromatic carbocycles. The molecule has 96 valence electrons. The Labute approximate surface area is 109 Å². The van der Waals surface area contributed by atoms with Crippen molar-refractivity contribution in [2.24, 2.45) is 0 Å². The second kappa shape index (κ2) is 6.27. The van der Waals surface area contributed by atoms with E-state index in [2.05, 4.69) is 15.2 Å². The summed E-state index contributed by atoms with van der Waals surface area (Å²) in [6.07, 6.45) is 0.847. The third kappa shape index (κ3) is 3.94. The van der Waals surface area contributed by atoms with E-state index in [1.165, 1.54) is 18.1 Å². The number of aromatic nitrogens is 3. The Bertz CT molecular complexity index is 478. The summed E-state index contributed by atoms with van der Waals surface area (Å²) in [4.78, 5) is 3.95. The van der Waals surface area contributed by atoms with Crippen molar-refractivity contribution in [3.05, 3.63) is 30.6 Å².